The van der Waals surface area contributed by atoms with Crippen molar-refractivity contribution in [2.75, 3.05) is 6.61 Å². The Bertz CT molecular complexity index is 461. The second kappa shape index (κ2) is 6.02. The number of hydrogen-bond acceptors (Lipinski definition) is 3. The lowest BCUT2D eigenvalue weighted by molar-refractivity contribution is -0.0224. The fourth-order valence-corrected chi connectivity index (χ4v) is 2.37. The minimum Gasteiger partial charge on any atom is -0.462 e. The molecule has 3 nitrogen and oxygen atoms in total. The number of ether oxygens (including phenoxy) is 2. The van der Waals surface area contributed by atoms with Gasteiger partial charge in [-0.05, 0) is 44.4 Å². The van der Waals surface area contributed by atoms with Crippen LogP contribution in [0.25, 0.3) is 0 Å². The predicted molar refractivity (Wildman–Crippen MR) is 74.1 cm³/mol. The van der Waals surface area contributed by atoms with Gasteiger partial charge in [-0.2, -0.15) is 0 Å². The second-order valence-corrected chi connectivity index (χ2v) is 4.94. The zero-order chi connectivity index (χ0) is 13.8. The molecule has 2 atom stereocenters. The van der Waals surface area contributed by atoms with Crippen LogP contribution < -0.4 is 0 Å². The Labute approximate surface area is 114 Å². The van der Waals surface area contributed by atoms with Crippen LogP contribution in [-0.4, -0.2) is 18.7 Å². The molecule has 0 bridgehead atoms. The molecule has 1 aliphatic rings. The van der Waals surface area contributed by atoms with Gasteiger partial charge in [-0.25, -0.2) is 4.79 Å². The predicted octanol–water partition coefficient (Wildman–Crippen LogP) is 3.66. The minimum absolute atomic E-state index is 0.0486. The summed E-state index contributed by atoms with van der Waals surface area (Å²) in [7, 11) is 0. The number of rotatable bonds is 3. The van der Waals surface area contributed by atoms with Crippen molar-refractivity contribution in [1.29, 1.82) is 0 Å². The Balaban J connectivity index is 2.09. The Morgan fingerprint density at radius 1 is 1.37 bits per heavy atom. The smallest absolute Gasteiger partial charge is 0.338 e. The van der Waals surface area contributed by atoms with Crippen molar-refractivity contribution < 1.29 is 14.3 Å². The molecular weight excluding hydrogens is 240 g/mol. The molecule has 1 heterocycles. The average Bonchev–Trinajstić information content (AvgIpc) is 2.38. The summed E-state index contributed by atoms with van der Waals surface area (Å²) in [6.45, 7) is 8.31. The lowest BCUT2D eigenvalue weighted by atomic mass is 9.95. The Morgan fingerprint density at radius 3 is 2.63 bits per heavy atom. The van der Waals surface area contributed by atoms with Gasteiger partial charge in [0.25, 0.3) is 0 Å². The highest BCUT2D eigenvalue weighted by molar-refractivity contribution is 5.89. The molecule has 2 rings (SSSR count). The van der Waals surface area contributed by atoms with Crippen molar-refractivity contribution in [2.45, 2.75) is 38.9 Å². The van der Waals surface area contributed by atoms with Gasteiger partial charge < -0.3 is 9.47 Å². The molecule has 3 heteroatoms. The standard InChI is InChI=1S/C16H20O3/c1-4-18-16(17)14-7-5-13(6-8-14)15-10-11(2)9-12(3)19-15/h5-8,12,15H,2,4,9-10H2,1,3H3/t12-,15-/m0/s1. The molecule has 1 saturated heterocycles. The summed E-state index contributed by atoms with van der Waals surface area (Å²) in [6.07, 6.45) is 2.03. The van der Waals surface area contributed by atoms with E-state index in [1.807, 2.05) is 12.1 Å². The third-order valence-electron chi connectivity index (χ3n) is 3.24. The first-order valence-electron chi connectivity index (χ1n) is 6.69. The molecule has 0 spiro atoms. The van der Waals surface area contributed by atoms with E-state index in [2.05, 4.69) is 13.5 Å². The molecule has 0 saturated carbocycles. The van der Waals surface area contributed by atoms with E-state index in [1.165, 1.54) is 5.57 Å². The highest BCUT2D eigenvalue weighted by Gasteiger charge is 2.23. The Kier molecular flexibility index (Phi) is 4.38. The van der Waals surface area contributed by atoms with Crippen LogP contribution in [-0.2, 0) is 9.47 Å². The summed E-state index contributed by atoms with van der Waals surface area (Å²) in [5, 5.41) is 0. The minimum atomic E-state index is -0.281. The van der Waals surface area contributed by atoms with Crippen molar-refractivity contribution in [1.82, 2.24) is 0 Å². The maximum Gasteiger partial charge on any atom is 0.338 e. The second-order valence-electron chi connectivity index (χ2n) is 4.94. The lowest BCUT2D eigenvalue weighted by Crippen LogP contribution is -2.20. The van der Waals surface area contributed by atoms with Crippen LogP contribution in [0.3, 0.4) is 0 Å². The largest absolute Gasteiger partial charge is 0.462 e. The molecular formula is C16H20O3. The van der Waals surface area contributed by atoms with Crippen LogP contribution in [0.4, 0.5) is 0 Å². The van der Waals surface area contributed by atoms with E-state index in [0.29, 0.717) is 12.2 Å². The summed E-state index contributed by atoms with van der Waals surface area (Å²) in [4.78, 5) is 11.6. The van der Waals surface area contributed by atoms with Gasteiger partial charge in [0.1, 0.15) is 0 Å². The molecule has 1 fully saturated rings. The van der Waals surface area contributed by atoms with Crippen LogP contribution in [0, 0.1) is 0 Å². The van der Waals surface area contributed by atoms with E-state index >= 15 is 0 Å². The van der Waals surface area contributed by atoms with Gasteiger partial charge in [-0.3, -0.25) is 0 Å². The van der Waals surface area contributed by atoms with Gasteiger partial charge in [0, 0.05) is 0 Å². The van der Waals surface area contributed by atoms with Gasteiger partial charge in [0.2, 0.25) is 0 Å². The summed E-state index contributed by atoms with van der Waals surface area (Å²) >= 11 is 0. The molecule has 102 valence electrons. The molecule has 0 N–H and O–H groups in total. The molecule has 0 amide bonds. The summed E-state index contributed by atoms with van der Waals surface area (Å²) in [5.41, 5.74) is 2.88. The number of hydrogen-bond donors (Lipinski definition) is 0. The Morgan fingerprint density at radius 2 is 2.05 bits per heavy atom. The highest BCUT2D eigenvalue weighted by atomic mass is 16.5. The first kappa shape index (κ1) is 13.8. The maximum atomic E-state index is 11.6. The third kappa shape index (κ3) is 3.44. The fourth-order valence-electron chi connectivity index (χ4n) is 2.37. The van der Waals surface area contributed by atoms with Gasteiger partial charge >= 0.3 is 5.97 Å². The maximum absolute atomic E-state index is 11.6. The van der Waals surface area contributed by atoms with Crippen molar-refractivity contribution in [3.63, 3.8) is 0 Å². The number of esters is 1. The molecule has 0 aliphatic carbocycles. The lowest BCUT2D eigenvalue weighted by Gasteiger charge is -2.29. The molecule has 0 radical (unpaired) electrons. The Hall–Kier alpha value is -1.61. The SMILES string of the molecule is C=C1C[C@@H](c2ccc(C(=O)OCC)cc2)O[C@@H](C)C1. The van der Waals surface area contributed by atoms with Gasteiger partial charge in [-0.1, -0.05) is 24.3 Å². The number of carbonyl (C=O) groups is 1. The third-order valence-corrected chi connectivity index (χ3v) is 3.24. The van der Waals surface area contributed by atoms with Crippen LogP contribution in [0.2, 0.25) is 0 Å². The van der Waals surface area contributed by atoms with Crippen molar-refractivity contribution in [3.05, 3.63) is 47.5 Å². The zero-order valence-electron chi connectivity index (χ0n) is 11.5. The van der Waals surface area contributed by atoms with E-state index in [-0.39, 0.29) is 18.2 Å². The van der Waals surface area contributed by atoms with Gasteiger partial charge in [0.05, 0.1) is 24.4 Å². The molecule has 1 aliphatic heterocycles. The average molecular weight is 260 g/mol. The topological polar surface area (TPSA) is 35.5 Å². The van der Waals surface area contributed by atoms with E-state index in [1.54, 1.807) is 19.1 Å². The van der Waals surface area contributed by atoms with Crippen LogP contribution >= 0.6 is 0 Å². The van der Waals surface area contributed by atoms with E-state index < -0.39 is 0 Å². The summed E-state index contributed by atoms with van der Waals surface area (Å²) in [6, 6.07) is 7.45. The quantitative estimate of drug-likeness (QED) is 0.614. The van der Waals surface area contributed by atoms with Crippen LogP contribution in [0.1, 0.15) is 48.7 Å². The monoisotopic (exact) mass is 260 g/mol. The molecule has 19 heavy (non-hydrogen) atoms. The van der Waals surface area contributed by atoms with Crippen molar-refractivity contribution in [3.8, 4) is 0 Å². The van der Waals surface area contributed by atoms with E-state index in [9.17, 15) is 4.79 Å². The van der Waals surface area contributed by atoms with Crippen LogP contribution in [0.5, 0.6) is 0 Å². The molecule has 0 aromatic heterocycles. The van der Waals surface area contributed by atoms with Crippen molar-refractivity contribution >= 4 is 5.97 Å². The number of benzene rings is 1. The zero-order valence-corrected chi connectivity index (χ0v) is 11.5. The first-order chi connectivity index (χ1) is 9.10. The van der Waals surface area contributed by atoms with Crippen molar-refractivity contribution in [2.24, 2.45) is 0 Å². The normalized spacial score (nSPS) is 23.2. The summed E-state index contributed by atoms with van der Waals surface area (Å²) < 4.78 is 10.9. The first-order valence-corrected chi connectivity index (χ1v) is 6.69. The van der Waals surface area contributed by atoms with E-state index in [4.69, 9.17) is 9.47 Å². The summed E-state index contributed by atoms with van der Waals surface area (Å²) in [5.74, 6) is -0.281. The van der Waals surface area contributed by atoms with Gasteiger partial charge in [0.15, 0.2) is 0 Å². The molecule has 1 aromatic rings. The van der Waals surface area contributed by atoms with Crippen LogP contribution in [0.15, 0.2) is 36.4 Å². The molecule has 0 unspecified atom stereocenters. The van der Waals surface area contributed by atoms with Gasteiger partial charge in [-0.15, -0.1) is 0 Å². The highest BCUT2D eigenvalue weighted by Crippen LogP contribution is 2.33. The van der Waals surface area contributed by atoms with E-state index in [0.717, 1.165) is 18.4 Å². The fraction of sp³-hybridized carbons (Fsp3) is 0.438. The number of carbonyl (C=O) groups excluding carboxylic acids is 1. The molecule has 1 aromatic carbocycles.